The van der Waals surface area contributed by atoms with Crippen LogP contribution in [0.3, 0.4) is 0 Å². The van der Waals surface area contributed by atoms with Gasteiger partial charge in [-0.15, -0.1) is 0 Å². The summed E-state index contributed by atoms with van der Waals surface area (Å²) >= 11 is 0. The first kappa shape index (κ1) is 13.7. The van der Waals surface area contributed by atoms with Gasteiger partial charge in [0.2, 0.25) is 5.89 Å². The molecule has 0 radical (unpaired) electrons. The van der Waals surface area contributed by atoms with E-state index in [1.807, 2.05) is 0 Å². The number of hydrogen-bond donors (Lipinski definition) is 1. The van der Waals surface area contributed by atoms with Crippen molar-refractivity contribution in [2.24, 2.45) is 0 Å². The van der Waals surface area contributed by atoms with Crippen LogP contribution in [-0.4, -0.2) is 42.0 Å². The molecular formula is C14H13F2N3O2. The summed E-state index contributed by atoms with van der Waals surface area (Å²) in [6.07, 6.45) is 1.13. The van der Waals surface area contributed by atoms with Crippen LogP contribution in [-0.2, 0) is 0 Å². The third-order valence-electron chi connectivity index (χ3n) is 3.30. The number of nitrogens with one attached hydrogen (secondary N) is 1. The molecule has 1 saturated heterocycles. The van der Waals surface area contributed by atoms with Crippen molar-refractivity contribution in [1.29, 1.82) is 0 Å². The lowest BCUT2D eigenvalue weighted by molar-refractivity contribution is 0.0730. The molecule has 110 valence electrons. The van der Waals surface area contributed by atoms with E-state index in [1.165, 1.54) is 6.07 Å². The van der Waals surface area contributed by atoms with Crippen LogP contribution < -0.4 is 5.32 Å². The third-order valence-corrected chi connectivity index (χ3v) is 3.30. The van der Waals surface area contributed by atoms with Gasteiger partial charge in [-0.05, 0) is 12.1 Å². The van der Waals surface area contributed by atoms with Gasteiger partial charge < -0.3 is 14.6 Å². The Morgan fingerprint density at radius 3 is 2.57 bits per heavy atom. The monoisotopic (exact) mass is 293 g/mol. The summed E-state index contributed by atoms with van der Waals surface area (Å²) in [5.41, 5.74) is -0.314. The van der Waals surface area contributed by atoms with E-state index in [-0.39, 0.29) is 23.1 Å². The second-order valence-electron chi connectivity index (χ2n) is 4.68. The smallest absolute Gasteiger partial charge is 0.275 e. The number of hydrogen-bond acceptors (Lipinski definition) is 4. The van der Waals surface area contributed by atoms with Crippen molar-refractivity contribution >= 4 is 5.91 Å². The summed E-state index contributed by atoms with van der Waals surface area (Å²) in [6.45, 7) is 2.54. The molecule has 2 heterocycles. The number of halogens is 2. The van der Waals surface area contributed by atoms with Gasteiger partial charge in [-0.25, -0.2) is 13.8 Å². The number of piperazine rings is 1. The van der Waals surface area contributed by atoms with Crippen LogP contribution in [0, 0.1) is 11.6 Å². The summed E-state index contributed by atoms with van der Waals surface area (Å²) in [6, 6.07) is 3.48. The predicted molar refractivity (Wildman–Crippen MR) is 70.6 cm³/mol. The highest BCUT2D eigenvalue weighted by Gasteiger charge is 2.23. The van der Waals surface area contributed by atoms with Gasteiger partial charge in [-0.1, -0.05) is 6.07 Å². The predicted octanol–water partition coefficient (Wildman–Crippen LogP) is 1.67. The van der Waals surface area contributed by atoms with E-state index < -0.39 is 11.6 Å². The Morgan fingerprint density at radius 1 is 1.24 bits per heavy atom. The average Bonchev–Trinajstić information content (AvgIpc) is 2.97. The highest BCUT2D eigenvalue weighted by atomic mass is 19.1. The van der Waals surface area contributed by atoms with E-state index in [9.17, 15) is 13.6 Å². The lowest BCUT2D eigenvalue weighted by Gasteiger charge is -2.26. The van der Waals surface area contributed by atoms with E-state index in [1.54, 1.807) is 4.90 Å². The molecule has 1 aromatic carbocycles. The van der Waals surface area contributed by atoms with Crippen molar-refractivity contribution in [3.05, 3.63) is 41.8 Å². The Kier molecular flexibility index (Phi) is 3.66. The SMILES string of the molecule is O=C(c1coc(-c2c(F)cccc2F)n1)N1CCNCC1. The molecule has 1 amide bonds. The van der Waals surface area contributed by atoms with Crippen molar-refractivity contribution < 1.29 is 18.0 Å². The summed E-state index contributed by atoms with van der Waals surface area (Å²) in [5, 5.41) is 3.13. The topological polar surface area (TPSA) is 58.4 Å². The molecule has 0 bridgehead atoms. The van der Waals surface area contributed by atoms with E-state index in [2.05, 4.69) is 10.3 Å². The maximum atomic E-state index is 13.7. The second-order valence-corrected chi connectivity index (χ2v) is 4.68. The van der Waals surface area contributed by atoms with Gasteiger partial charge in [-0.2, -0.15) is 0 Å². The number of amides is 1. The van der Waals surface area contributed by atoms with Gasteiger partial charge in [-0.3, -0.25) is 4.79 Å². The summed E-state index contributed by atoms with van der Waals surface area (Å²) in [5.74, 6) is -2.09. The Labute approximate surface area is 119 Å². The normalized spacial score (nSPS) is 15.2. The highest BCUT2D eigenvalue weighted by molar-refractivity contribution is 5.92. The fourth-order valence-electron chi connectivity index (χ4n) is 2.22. The van der Waals surface area contributed by atoms with E-state index in [0.717, 1.165) is 18.4 Å². The molecule has 5 nitrogen and oxygen atoms in total. The minimum atomic E-state index is -0.780. The minimum absolute atomic E-state index is 0.0505. The minimum Gasteiger partial charge on any atom is -0.443 e. The molecule has 0 atom stereocenters. The number of nitrogens with zero attached hydrogens (tertiary/aromatic N) is 2. The molecule has 1 aliphatic rings. The van der Waals surface area contributed by atoms with Crippen molar-refractivity contribution in [3.8, 4) is 11.5 Å². The van der Waals surface area contributed by atoms with Gasteiger partial charge in [0.1, 0.15) is 23.5 Å². The number of aromatic nitrogens is 1. The quantitative estimate of drug-likeness (QED) is 0.915. The van der Waals surface area contributed by atoms with Gasteiger partial charge in [0.25, 0.3) is 5.91 Å². The van der Waals surface area contributed by atoms with Gasteiger partial charge >= 0.3 is 0 Å². The molecular weight excluding hydrogens is 280 g/mol. The first-order valence-electron chi connectivity index (χ1n) is 6.56. The van der Waals surface area contributed by atoms with Crippen LogP contribution in [0.25, 0.3) is 11.5 Å². The Bertz CT molecular complexity index is 646. The summed E-state index contributed by atoms with van der Waals surface area (Å²) < 4.78 is 32.4. The molecule has 1 aromatic heterocycles. The Morgan fingerprint density at radius 2 is 1.90 bits per heavy atom. The lowest BCUT2D eigenvalue weighted by atomic mass is 10.2. The maximum absolute atomic E-state index is 13.7. The van der Waals surface area contributed by atoms with E-state index >= 15 is 0 Å². The highest BCUT2D eigenvalue weighted by Crippen LogP contribution is 2.25. The number of oxazole rings is 1. The van der Waals surface area contributed by atoms with Crippen molar-refractivity contribution in [2.75, 3.05) is 26.2 Å². The van der Waals surface area contributed by atoms with Crippen LogP contribution in [0.5, 0.6) is 0 Å². The Hall–Kier alpha value is -2.28. The molecule has 7 heteroatoms. The van der Waals surface area contributed by atoms with Gasteiger partial charge in [0, 0.05) is 26.2 Å². The molecule has 1 fully saturated rings. The molecule has 2 aromatic rings. The van der Waals surface area contributed by atoms with Crippen LogP contribution in [0.2, 0.25) is 0 Å². The second kappa shape index (κ2) is 5.61. The molecule has 0 spiro atoms. The van der Waals surface area contributed by atoms with E-state index in [4.69, 9.17) is 4.42 Å². The molecule has 0 saturated carbocycles. The number of benzene rings is 1. The van der Waals surface area contributed by atoms with Crippen LogP contribution in [0.1, 0.15) is 10.5 Å². The van der Waals surface area contributed by atoms with Gasteiger partial charge in [0.05, 0.1) is 0 Å². The molecule has 21 heavy (non-hydrogen) atoms. The zero-order valence-electron chi connectivity index (χ0n) is 11.1. The summed E-state index contributed by atoms with van der Waals surface area (Å²) in [7, 11) is 0. The van der Waals surface area contributed by atoms with E-state index in [0.29, 0.717) is 26.2 Å². The fraction of sp³-hybridized carbons (Fsp3) is 0.286. The maximum Gasteiger partial charge on any atom is 0.275 e. The van der Waals surface area contributed by atoms with Crippen molar-refractivity contribution in [3.63, 3.8) is 0 Å². The Balaban J connectivity index is 1.88. The number of carbonyl (C=O) groups excluding carboxylic acids is 1. The molecule has 3 rings (SSSR count). The largest absolute Gasteiger partial charge is 0.443 e. The zero-order chi connectivity index (χ0) is 14.8. The van der Waals surface area contributed by atoms with Crippen LogP contribution in [0.4, 0.5) is 8.78 Å². The molecule has 0 aliphatic carbocycles. The number of rotatable bonds is 2. The zero-order valence-corrected chi connectivity index (χ0v) is 11.1. The van der Waals surface area contributed by atoms with Crippen molar-refractivity contribution in [2.45, 2.75) is 0 Å². The molecule has 1 N–H and O–H groups in total. The van der Waals surface area contributed by atoms with Crippen LogP contribution >= 0.6 is 0 Å². The third kappa shape index (κ3) is 2.64. The lowest BCUT2D eigenvalue weighted by Crippen LogP contribution is -2.46. The van der Waals surface area contributed by atoms with Gasteiger partial charge in [0.15, 0.2) is 5.69 Å². The average molecular weight is 293 g/mol. The molecule has 1 aliphatic heterocycles. The molecule has 0 unspecified atom stereocenters. The standard InChI is InChI=1S/C14H13F2N3O2/c15-9-2-1-3-10(16)12(9)13-18-11(8-21-13)14(20)19-6-4-17-5-7-19/h1-3,8,17H,4-7H2. The first-order chi connectivity index (χ1) is 10.2. The first-order valence-corrected chi connectivity index (χ1v) is 6.56. The van der Waals surface area contributed by atoms with Crippen molar-refractivity contribution in [1.82, 2.24) is 15.2 Å². The number of carbonyl (C=O) groups is 1. The summed E-state index contributed by atoms with van der Waals surface area (Å²) in [4.78, 5) is 17.7. The fourth-order valence-corrected chi connectivity index (χ4v) is 2.22. The van der Waals surface area contributed by atoms with Crippen LogP contribution in [0.15, 0.2) is 28.9 Å².